The van der Waals surface area contributed by atoms with Crippen LogP contribution in [0.5, 0.6) is 0 Å². The Labute approximate surface area is 192 Å². The Hall–Kier alpha value is -3.38. The summed E-state index contributed by atoms with van der Waals surface area (Å²) in [5, 5.41) is 10.3. The highest BCUT2D eigenvalue weighted by molar-refractivity contribution is 7.91. The van der Waals surface area contributed by atoms with E-state index in [1.807, 2.05) is 31.2 Å². The number of aliphatic carboxylic acids is 1. The first kappa shape index (κ1) is 19.3. The number of nitrogens with one attached hydrogen (secondary N) is 2. The standard InChI is InChI=1S/C24H20N2O4S2/c1-16-6-8-17(9-7-16)10-11-19-12-13-23(31-19)32(29,30)26-22(24(27)28)14-18-15-25-21-5-3-2-4-20(18)21/h2-9,12-13,15,22,25-26H,14H2,1H3,(H,27,28)/t22-/m0/s1/i3D,15D. The van der Waals surface area contributed by atoms with Crippen LogP contribution >= 0.6 is 11.3 Å². The molecule has 6 nitrogen and oxygen atoms in total. The molecule has 0 radical (unpaired) electrons. The number of para-hydroxylation sites is 1. The highest BCUT2D eigenvalue weighted by Gasteiger charge is 2.27. The van der Waals surface area contributed by atoms with Crippen LogP contribution in [0.1, 0.15) is 24.3 Å². The van der Waals surface area contributed by atoms with E-state index in [1.54, 1.807) is 12.1 Å². The first-order valence-corrected chi connectivity index (χ1v) is 11.9. The lowest BCUT2D eigenvalue weighted by Crippen LogP contribution is -2.41. The third kappa shape index (κ3) is 4.92. The lowest BCUT2D eigenvalue weighted by Gasteiger charge is -2.13. The molecule has 3 N–H and O–H groups in total. The van der Waals surface area contributed by atoms with Gasteiger partial charge < -0.3 is 10.1 Å². The van der Waals surface area contributed by atoms with E-state index in [-0.39, 0.29) is 22.8 Å². The van der Waals surface area contributed by atoms with Gasteiger partial charge in [-0.15, -0.1) is 11.3 Å². The predicted octanol–water partition coefficient (Wildman–Crippen LogP) is 3.91. The molecule has 0 bridgehead atoms. The molecule has 0 amide bonds. The molecule has 4 rings (SSSR count). The highest BCUT2D eigenvalue weighted by atomic mass is 32.2. The molecule has 1 atom stereocenters. The van der Waals surface area contributed by atoms with Crippen LogP contribution in [0.4, 0.5) is 0 Å². The summed E-state index contributed by atoms with van der Waals surface area (Å²) in [4.78, 5) is 15.2. The van der Waals surface area contributed by atoms with E-state index in [9.17, 15) is 18.3 Å². The van der Waals surface area contributed by atoms with Crippen molar-refractivity contribution in [2.24, 2.45) is 0 Å². The van der Waals surface area contributed by atoms with Crippen LogP contribution in [0.3, 0.4) is 0 Å². The summed E-state index contributed by atoms with van der Waals surface area (Å²) in [6.45, 7) is 1.97. The van der Waals surface area contributed by atoms with Crippen molar-refractivity contribution in [2.75, 3.05) is 0 Å². The normalized spacial score (nSPS) is 13.2. The van der Waals surface area contributed by atoms with Crippen LogP contribution in [-0.4, -0.2) is 30.5 Å². The zero-order valence-corrected chi connectivity index (χ0v) is 18.6. The summed E-state index contributed by atoms with van der Waals surface area (Å²) >= 11 is 0.950. The fourth-order valence-corrected chi connectivity index (χ4v) is 5.46. The number of hydrogen-bond acceptors (Lipinski definition) is 4. The number of hydrogen-bond donors (Lipinski definition) is 3. The number of H-pyrrole nitrogens is 1. The zero-order chi connectivity index (χ0) is 24.5. The van der Waals surface area contributed by atoms with E-state index < -0.39 is 22.0 Å². The fraction of sp³-hybridized carbons (Fsp3) is 0.125. The molecular weight excluding hydrogens is 444 g/mol. The maximum Gasteiger partial charge on any atom is 0.322 e. The van der Waals surface area contributed by atoms with E-state index >= 15 is 0 Å². The van der Waals surface area contributed by atoms with Crippen molar-refractivity contribution < 1.29 is 21.1 Å². The van der Waals surface area contributed by atoms with Gasteiger partial charge in [-0.05, 0) is 42.8 Å². The van der Waals surface area contributed by atoms with Crippen molar-refractivity contribution in [3.8, 4) is 11.8 Å². The summed E-state index contributed by atoms with van der Waals surface area (Å²) in [6.07, 6.45) is -0.244. The van der Waals surface area contributed by atoms with Crippen LogP contribution in [-0.2, 0) is 21.2 Å². The number of rotatable bonds is 6. The van der Waals surface area contributed by atoms with Gasteiger partial charge in [0, 0.05) is 29.1 Å². The van der Waals surface area contributed by atoms with E-state index in [2.05, 4.69) is 21.5 Å². The van der Waals surface area contributed by atoms with Gasteiger partial charge in [0.05, 0.1) is 7.62 Å². The molecule has 0 fully saturated rings. The van der Waals surface area contributed by atoms with Crippen molar-refractivity contribution >= 4 is 38.2 Å². The third-order valence-electron chi connectivity index (χ3n) is 4.77. The Bertz CT molecular complexity index is 1550. The maximum absolute atomic E-state index is 12.9. The van der Waals surface area contributed by atoms with Crippen molar-refractivity contribution in [1.82, 2.24) is 9.71 Å². The van der Waals surface area contributed by atoms with Crippen molar-refractivity contribution in [3.63, 3.8) is 0 Å². The van der Waals surface area contributed by atoms with Gasteiger partial charge in [0.15, 0.2) is 0 Å². The van der Waals surface area contributed by atoms with Crippen LogP contribution in [0, 0.1) is 18.8 Å². The van der Waals surface area contributed by atoms with Crippen molar-refractivity contribution in [1.29, 1.82) is 0 Å². The molecule has 0 spiro atoms. The van der Waals surface area contributed by atoms with Gasteiger partial charge in [0.1, 0.15) is 10.3 Å². The Balaban J connectivity index is 1.55. The first-order chi connectivity index (χ1) is 16.1. The van der Waals surface area contributed by atoms with E-state index in [0.29, 0.717) is 21.3 Å². The van der Waals surface area contributed by atoms with E-state index in [0.717, 1.165) is 22.5 Å². The first-order valence-electron chi connectivity index (χ1n) is 10.6. The summed E-state index contributed by atoms with van der Waals surface area (Å²) in [7, 11) is -4.13. The van der Waals surface area contributed by atoms with Crippen molar-refractivity contribution in [2.45, 2.75) is 23.6 Å². The second-order valence-electron chi connectivity index (χ2n) is 7.15. The molecule has 32 heavy (non-hydrogen) atoms. The Morgan fingerprint density at radius 1 is 1.19 bits per heavy atom. The molecule has 2 aromatic heterocycles. The Kier molecular flexibility index (Phi) is 5.44. The number of carbonyl (C=O) groups is 1. The summed E-state index contributed by atoms with van der Waals surface area (Å²) < 4.78 is 43.8. The van der Waals surface area contributed by atoms with Gasteiger partial charge in [0.2, 0.25) is 0 Å². The second kappa shape index (κ2) is 9.01. The average Bonchev–Trinajstić information content (AvgIpc) is 3.37. The number of aromatic nitrogens is 1. The molecule has 0 saturated carbocycles. The van der Waals surface area contributed by atoms with Crippen molar-refractivity contribution in [3.05, 3.63) is 88.4 Å². The molecule has 162 valence electrons. The molecule has 4 aromatic rings. The lowest BCUT2D eigenvalue weighted by molar-refractivity contribution is -0.138. The smallest absolute Gasteiger partial charge is 0.322 e. The lowest BCUT2D eigenvalue weighted by atomic mass is 10.1. The van der Waals surface area contributed by atoms with Gasteiger partial charge in [-0.2, -0.15) is 4.72 Å². The van der Waals surface area contributed by atoms with Crippen LogP contribution in [0.15, 0.2) is 71.0 Å². The fourth-order valence-electron chi connectivity index (χ4n) is 3.10. The molecule has 0 aliphatic rings. The largest absolute Gasteiger partial charge is 0.480 e. The second-order valence-corrected chi connectivity index (χ2v) is 10.2. The van der Waals surface area contributed by atoms with Crippen LogP contribution in [0.25, 0.3) is 10.9 Å². The number of thiophene rings is 1. The molecule has 0 aliphatic carbocycles. The monoisotopic (exact) mass is 466 g/mol. The SMILES string of the molecule is [2H]c1ccc2c(C[C@H](NS(=O)(=O)c3ccc(C#Cc4ccc(C)cc4)s3)C(=O)O)c([2H])[nH]c2c1. The molecule has 8 heteroatoms. The molecule has 0 aliphatic heterocycles. The maximum atomic E-state index is 12.9. The summed E-state index contributed by atoms with van der Waals surface area (Å²) in [5.41, 5.74) is 2.80. The zero-order valence-electron chi connectivity index (χ0n) is 19.0. The molecule has 0 unspecified atom stereocenters. The van der Waals surface area contributed by atoms with E-state index in [1.165, 1.54) is 18.2 Å². The molecule has 2 heterocycles. The number of aryl methyl sites for hydroxylation is 1. The average molecular weight is 467 g/mol. The minimum atomic E-state index is -4.13. The van der Waals surface area contributed by atoms with Gasteiger partial charge in [-0.3, -0.25) is 4.79 Å². The van der Waals surface area contributed by atoms with Gasteiger partial charge in [-0.1, -0.05) is 47.7 Å². The number of benzene rings is 2. The number of carboxylic acids is 1. The number of fused-ring (bicyclic) bond motifs is 1. The number of sulfonamides is 1. The predicted molar refractivity (Wildman–Crippen MR) is 125 cm³/mol. The molecule has 2 aromatic carbocycles. The van der Waals surface area contributed by atoms with Gasteiger partial charge in [0.25, 0.3) is 10.0 Å². The van der Waals surface area contributed by atoms with E-state index in [4.69, 9.17) is 2.74 Å². The van der Waals surface area contributed by atoms with Gasteiger partial charge >= 0.3 is 5.97 Å². The number of carboxylic acid groups (broad SMARTS) is 1. The quantitative estimate of drug-likeness (QED) is 0.375. The van der Waals surface area contributed by atoms with Gasteiger partial charge in [-0.25, -0.2) is 8.42 Å². The molecular formula is C24H20N2O4S2. The highest BCUT2D eigenvalue weighted by Crippen LogP contribution is 2.23. The minimum absolute atomic E-state index is 0.0177. The third-order valence-corrected chi connectivity index (χ3v) is 7.73. The minimum Gasteiger partial charge on any atom is -0.480 e. The molecule has 0 saturated heterocycles. The summed E-state index contributed by atoms with van der Waals surface area (Å²) in [6, 6.07) is 14.0. The Morgan fingerprint density at radius 2 is 1.97 bits per heavy atom. The van der Waals surface area contributed by atoms with Crippen LogP contribution in [0.2, 0.25) is 0 Å². The summed E-state index contributed by atoms with van der Waals surface area (Å²) in [5.74, 6) is 4.56. The topological polar surface area (TPSA) is 99.3 Å². The Morgan fingerprint density at radius 3 is 2.72 bits per heavy atom. The van der Waals surface area contributed by atoms with Crippen LogP contribution < -0.4 is 4.72 Å². The number of aromatic amines is 1.